The van der Waals surface area contributed by atoms with Crippen LogP contribution in [0.4, 0.5) is 0 Å². The van der Waals surface area contributed by atoms with E-state index in [0.29, 0.717) is 0 Å². The lowest BCUT2D eigenvalue weighted by molar-refractivity contribution is -0.0769. The maximum absolute atomic E-state index is 9.02. The number of hydrogen-bond donors (Lipinski definition) is 1. The number of aliphatic hydroxyl groups is 1. The molecule has 0 aliphatic rings. The Morgan fingerprint density at radius 1 is 1.11 bits per heavy atom. The van der Waals surface area contributed by atoms with Gasteiger partial charge in [-0.05, 0) is 45.1 Å². The molecule has 19 heavy (non-hydrogen) atoms. The first kappa shape index (κ1) is 18.1. The Balaban J connectivity index is 4.25. The van der Waals surface area contributed by atoms with Crippen LogP contribution in [0.25, 0.3) is 0 Å². The molecule has 0 aliphatic heterocycles. The maximum Gasteiger partial charge on any atom is 0.179 e. The van der Waals surface area contributed by atoms with Crippen LogP contribution in [0.1, 0.15) is 39.5 Å². The van der Waals surface area contributed by atoms with Crippen molar-refractivity contribution in [1.82, 2.24) is 0 Å². The first-order chi connectivity index (χ1) is 9.19. The Morgan fingerprint density at radius 3 is 2.32 bits per heavy atom. The molecule has 0 aromatic heterocycles. The normalized spacial score (nSPS) is 13.8. The minimum absolute atomic E-state index is 0.0164. The SMILES string of the molecule is CC=CCCC(C)=CCCC(=CCO)C(OC)OC. The van der Waals surface area contributed by atoms with Crippen LogP contribution in [-0.4, -0.2) is 32.2 Å². The highest BCUT2D eigenvalue weighted by atomic mass is 16.7. The molecule has 0 aliphatic carbocycles. The molecule has 0 aromatic rings. The second kappa shape index (κ2) is 12.2. The summed E-state index contributed by atoms with van der Waals surface area (Å²) in [5.74, 6) is 0. The van der Waals surface area contributed by atoms with Crippen LogP contribution >= 0.6 is 0 Å². The van der Waals surface area contributed by atoms with E-state index in [1.165, 1.54) is 5.57 Å². The Kier molecular flexibility index (Phi) is 11.6. The van der Waals surface area contributed by atoms with E-state index in [4.69, 9.17) is 14.6 Å². The first-order valence-corrected chi connectivity index (χ1v) is 6.81. The van der Waals surface area contributed by atoms with Gasteiger partial charge in [0.1, 0.15) is 0 Å². The highest BCUT2D eigenvalue weighted by Crippen LogP contribution is 2.16. The summed E-state index contributed by atoms with van der Waals surface area (Å²) in [7, 11) is 3.22. The maximum atomic E-state index is 9.02. The van der Waals surface area contributed by atoms with Gasteiger partial charge >= 0.3 is 0 Å². The highest BCUT2D eigenvalue weighted by molar-refractivity contribution is 5.09. The molecule has 0 heterocycles. The Hall–Kier alpha value is -0.900. The molecule has 0 fully saturated rings. The molecule has 0 saturated carbocycles. The lowest BCUT2D eigenvalue weighted by atomic mass is 10.1. The van der Waals surface area contributed by atoms with Crippen LogP contribution in [0.5, 0.6) is 0 Å². The fraction of sp³-hybridized carbons (Fsp3) is 0.625. The lowest BCUT2D eigenvalue weighted by Crippen LogP contribution is -2.16. The van der Waals surface area contributed by atoms with E-state index in [1.807, 2.05) is 6.92 Å². The van der Waals surface area contributed by atoms with Crippen molar-refractivity contribution in [2.24, 2.45) is 0 Å². The average Bonchev–Trinajstić information content (AvgIpc) is 2.40. The van der Waals surface area contributed by atoms with Gasteiger partial charge in [0, 0.05) is 14.2 Å². The number of aliphatic hydroxyl groups excluding tert-OH is 1. The minimum atomic E-state index is -0.358. The van der Waals surface area contributed by atoms with Gasteiger partial charge in [0.25, 0.3) is 0 Å². The molecule has 0 spiro atoms. The topological polar surface area (TPSA) is 38.7 Å². The summed E-state index contributed by atoms with van der Waals surface area (Å²) in [5, 5.41) is 9.02. The molecule has 0 bridgehead atoms. The summed E-state index contributed by atoms with van der Waals surface area (Å²) in [6.07, 6.45) is 11.9. The molecule has 3 nitrogen and oxygen atoms in total. The van der Waals surface area contributed by atoms with E-state index in [9.17, 15) is 0 Å². The van der Waals surface area contributed by atoms with E-state index in [2.05, 4.69) is 25.2 Å². The molecule has 0 amide bonds. The Labute approximate surface area is 117 Å². The van der Waals surface area contributed by atoms with Gasteiger partial charge in [0.2, 0.25) is 0 Å². The quantitative estimate of drug-likeness (QED) is 0.486. The van der Waals surface area contributed by atoms with Crippen molar-refractivity contribution in [3.05, 3.63) is 35.5 Å². The van der Waals surface area contributed by atoms with Crippen LogP contribution in [0, 0.1) is 0 Å². The third-order valence-electron chi connectivity index (χ3n) is 2.95. The highest BCUT2D eigenvalue weighted by Gasteiger charge is 2.11. The number of hydrogen-bond acceptors (Lipinski definition) is 3. The predicted molar refractivity (Wildman–Crippen MR) is 80.0 cm³/mol. The summed E-state index contributed by atoms with van der Waals surface area (Å²) in [6.45, 7) is 4.21. The van der Waals surface area contributed by atoms with Crippen molar-refractivity contribution in [3.63, 3.8) is 0 Å². The molecule has 0 aromatic carbocycles. The van der Waals surface area contributed by atoms with Gasteiger partial charge in [0.05, 0.1) is 6.61 Å². The standard InChI is InChI=1S/C16H28O3/c1-5-6-7-9-14(2)10-8-11-15(12-13-17)16(18-3)19-4/h5-6,10,12,16-17H,7-9,11,13H2,1-4H3. The largest absolute Gasteiger partial charge is 0.392 e. The molecule has 0 saturated heterocycles. The molecular weight excluding hydrogens is 240 g/mol. The number of rotatable bonds is 10. The first-order valence-electron chi connectivity index (χ1n) is 6.81. The zero-order valence-electron chi connectivity index (χ0n) is 12.7. The molecule has 0 rings (SSSR count). The van der Waals surface area contributed by atoms with Gasteiger partial charge in [-0.2, -0.15) is 0 Å². The Morgan fingerprint density at radius 2 is 1.79 bits per heavy atom. The second-order valence-electron chi connectivity index (χ2n) is 4.46. The Bertz CT molecular complexity index is 299. The van der Waals surface area contributed by atoms with Crippen molar-refractivity contribution in [3.8, 4) is 0 Å². The number of allylic oxidation sites excluding steroid dienone is 4. The van der Waals surface area contributed by atoms with Crippen LogP contribution in [0.15, 0.2) is 35.5 Å². The van der Waals surface area contributed by atoms with Crippen molar-refractivity contribution in [1.29, 1.82) is 0 Å². The van der Waals surface area contributed by atoms with Gasteiger partial charge in [-0.25, -0.2) is 0 Å². The van der Waals surface area contributed by atoms with Gasteiger partial charge in [0.15, 0.2) is 6.29 Å². The van der Waals surface area contributed by atoms with Gasteiger partial charge in [-0.3, -0.25) is 0 Å². The minimum Gasteiger partial charge on any atom is -0.392 e. The molecule has 0 radical (unpaired) electrons. The van der Waals surface area contributed by atoms with Crippen molar-refractivity contribution in [2.45, 2.75) is 45.8 Å². The van der Waals surface area contributed by atoms with E-state index in [1.54, 1.807) is 20.3 Å². The van der Waals surface area contributed by atoms with E-state index in [0.717, 1.165) is 31.3 Å². The monoisotopic (exact) mass is 268 g/mol. The third kappa shape index (κ3) is 8.76. The van der Waals surface area contributed by atoms with E-state index < -0.39 is 0 Å². The fourth-order valence-corrected chi connectivity index (χ4v) is 1.90. The molecule has 3 heteroatoms. The second-order valence-corrected chi connectivity index (χ2v) is 4.46. The smallest absolute Gasteiger partial charge is 0.179 e. The van der Waals surface area contributed by atoms with E-state index in [-0.39, 0.29) is 12.9 Å². The summed E-state index contributed by atoms with van der Waals surface area (Å²) in [5.41, 5.74) is 2.39. The van der Waals surface area contributed by atoms with Crippen LogP contribution < -0.4 is 0 Å². The van der Waals surface area contributed by atoms with Crippen LogP contribution in [0.2, 0.25) is 0 Å². The van der Waals surface area contributed by atoms with Crippen molar-refractivity contribution >= 4 is 0 Å². The summed E-state index contributed by atoms with van der Waals surface area (Å²) in [4.78, 5) is 0. The van der Waals surface area contributed by atoms with Gasteiger partial charge in [-0.1, -0.05) is 29.9 Å². The van der Waals surface area contributed by atoms with Crippen LogP contribution in [0.3, 0.4) is 0 Å². The number of methoxy groups -OCH3 is 2. The fourth-order valence-electron chi connectivity index (χ4n) is 1.90. The van der Waals surface area contributed by atoms with E-state index >= 15 is 0 Å². The predicted octanol–water partition coefficient (Wildman–Crippen LogP) is 3.61. The zero-order chi connectivity index (χ0) is 14.5. The lowest BCUT2D eigenvalue weighted by Gasteiger charge is -2.17. The molecule has 0 atom stereocenters. The van der Waals surface area contributed by atoms with Crippen molar-refractivity contribution in [2.75, 3.05) is 20.8 Å². The summed E-state index contributed by atoms with van der Waals surface area (Å²) in [6, 6.07) is 0. The summed E-state index contributed by atoms with van der Waals surface area (Å²) >= 11 is 0. The molecule has 0 unspecified atom stereocenters. The molecule has 1 N–H and O–H groups in total. The van der Waals surface area contributed by atoms with Gasteiger partial charge < -0.3 is 14.6 Å². The zero-order valence-corrected chi connectivity index (χ0v) is 12.7. The number of ether oxygens (including phenoxy) is 2. The third-order valence-corrected chi connectivity index (χ3v) is 2.95. The average molecular weight is 268 g/mol. The van der Waals surface area contributed by atoms with Gasteiger partial charge in [-0.15, -0.1) is 0 Å². The van der Waals surface area contributed by atoms with Crippen LogP contribution in [-0.2, 0) is 9.47 Å². The molecular formula is C16H28O3. The molecule has 110 valence electrons. The van der Waals surface area contributed by atoms with Crippen molar-refractivity contribution < 1.29 is 14.6 Å². The summed E-state index contributed by atoms with van der Waals surface area (Å²) < 4.78 is 10.4.